The van der Waals surface area contributed by atoms with Gasteiger partial charge in [-0.1, -0.05) is 25.5 Å². The Hall–Kier alpha value is -3.32. The number of aromatic hydroxyl groups is 1. The van der Waals surface area contributed by atoms with Crippen LogP contribution in [0.25, 0.3) is 5.76 Å². The van der Waals surface area contributed by atoms with Crippen LogP contribution in [0.15, 0.2) is 48.0 Å². The number of likely N-dealkylation sites (tertiary alicyclic amines) is 1. The molecule has 1 heterocycles. The molecule has 1 atom stereocenters. The Labute approximate surface area is 201 Å². The lowest BCUT2D eigenvalue weighted by Crippen LogP contribution is -2.32. The zero-order chi connectivity index (χ0) is 24.8. The number of benzene rings is 2. The first kappa shape index (κ1) is 25.3. The average Bonchev–Trinajstić information content (AvgIpc) is 3.04. The summed E-state index contributed by atoms with van der Waals surface area (Å²) in [4.78, 5) is 29.7. The molecule has 182 valence electrons. The SMILES string of the molecule is CCCCOc1ccc(/C(O)=C2\C(=O)C(=O)N(CCCN(C)C)C2c2ccc(O)cc2)c(C)c1. The molecular formula is C27H34N2O5. The van der Waals surface area contributed by atoms with Crippen molar-refractivity contribution in [2.24, 2.45) is 0 Å². The summed E-state index contributed by atoms with van der Waals surface area (Å²) in [6.45, 7) is 5.67. The van der Waals surface area contributed by atoms with Crippen molar-refractivity contribution in [3.8, 4) is 11.5 Å². The molecule has 7 nitrogen and oxygen atoms in total. The van der Waals surface area contributed by atoms with E-state index in [4.69, 9.17) is 4.74 Å². The highest BCUT2D eigenvalue weighted by atomic mass is 16.5. The second-order valence-electron chi connectivity index (χ2n) is 8.92. The minimum Gasteiger partial charge on any atom is -0.508 e. The molecule has 0 saturated carbocycles. The van der Waals surface area contributed by atoms with Crippen molar-refractivity contribution in [2.75, 3.05) is 33.8 Å². The molecule has 3 rings (SSSR count). The van der Waals surface area contributed by atoms with E-state index in [0.717, 1.165) is 24.9 Å². The highest BCUT2D eigenvalue weighted by molar-refractivity contribution is 6.46. The maximum atomic E-state index is 13.1. The van der Waals surface area contributed by atoms with Gasteiger partial charge in [-0.25, -0.2) is 0 Å². The van der Waals surface area contributed by atoms with E-state index in [9.17, 15) is 19.8 Å². The summed E-state index contributed by atoms with van der Waals surface area (Å²) >= 11 is 0. The molecule has 2 aromatic rings. The second-order valence-corrected chi connectivity index (χ2v) is 8.92. The molecule has 1 aliphatic heterocycles. The number of ketones is 1. The Morgan fingerprint density at radius 3 is 2.41 bits per heavy atom. The van der Waals surface area contributed by atoms with Crippen LogP contribution < -0.4 is 4.74 Å². The van der Waals surface area contributed by atoms with Crippen LogP contribution in [0.2, 0.25) is 0 Å². The van der Waals surface area contributed by atoms with Crippen molar-refractivity contribution < 1.29 is 24.5 Å². The number of Topliss-reactive ketones (excluding diaryl/α,β-unsaturated/α-hetero) is 1. The number of amides is 1. The maximum absolute atomic E-state index is 13.1. The number of hydrogen-bond acceptors (Lipinski definition) is 6. The number of hydrogen-bond donors (Lipinski definition) is 2. The van der Waals surface area contributed by atoms with E-state index >= 15 is 0 Å². The van der Waals surface area contributed by atoms with Crippen LogP contribution in [0.4, 0.5) is 0 Å². The van der Waals surface area contributed by atoms with E-state index in [0.29, 0.717) is 36.4 Å². The first-order chi connectivity index (χ1) is 16.2. The lowest BCUT2D eigenvalue weighted by atomic mass is 9.93. The molecule has 1 saturated heterocycles. The third-order valence-corrected chi connectivity index (χ3v) is 5.97. The molecule has 1 amide bonds. The summed E-state index contributed by atoms with van der Waals surface area (Å²) in [5, 5.41) is 21.0. The molecule has 7 heteroatoms. The Morgan fingerprint density at radius 1 is 1.09 bits per heavy atom. The Bertz CT molecular complexity index is 1060. The average molecular weight is 467 g/mol. The quantitative estimate of drug-likeness (QED) is 0.235. The van der Waals surface area contributed by atoms with E-state index in [2.05, 4.69) is 6.92 Å². The highest BCUT2D eigenvalue weighted by Gasteiger charge is 2.45. The number of aliphatic hydroxyl groups excluding tert-OH is 1. The fraction of sp³-hybridized carbons (Fsp3) is 0.407. The molecule has 1 aliphatic rings. The van der Waals surface area contributed by atoms with Gasteiger partial charge in [0, 0.05) is 12.1 Å². The van der Waals surface area contributed by atoms with Crippen LogP contribution in [-0.4, -0.2) is 65.5 Å². The van der Waals surface area contributed by atoms with Crippen molar-refractivity contribution >= 4 is 17.4 Å². The fourth-order valence-corrected chi connectivity index (χ4v) is 4.14. The first-order valence-electron chi connectivity index (χ1n) is 11.7. The molecule has 1 unspecified atom stereocenters. The zero-order valence-corrected chi connectivity index (χ0v) is 20.4. The molecule has 0 spiro atoms. The number of aryl methyl sites for hydroxylation is 1. The number of phenols is 1. The monoisotopic (exact) mass is 466 g/mol. The van der Waals surface area contributed by atoms with Gasteiger partial charge in [0.1, 0.15) is 17.3 Å². The van der Waals surface area contributed by atoms with Gasteiger partial charge >= 0.3 is 0 Å². The smallest absolute Gasteiger partial charge is 0.295 e. The van der Waals surface area contributed by atoms with Crippen molar-refractivity contribution in [3.63, 3.8) is 0 Å². The number of nitrogens with zero attached hydrogens (tertiary/aromatic N) is 2. The number of carbonyl (C=O) groups excluding carboxylic acids is 2. The van der Waals surface area contributed by atoms with E-state index in [1.54, 1.807) is 24.3 Å². The van der Waals surface area contributed by atoms with Gasteiger partial charge in [-0.3, -0.25) is 9.59 Å². The minimum atomic E-state index is -0.734. The second kappa shape index (κ2) is 11.2. The standard InChI is InChI=1S/C27H34N2O5/c1-5-6-16-34-21-12-13-22(18(2)17-21)25(31)23-24(19-8-10-20(30)11-9-19)29(27(33)26(23)32)15-7-14-28(3)4/h8-13,17,24,30-31H,5-7,14-16H2,1-4H3/b25-23+. The maximum Gasteiger partial charge on any atom is 0.295 e. The van der Waals surface area contributed by atoms with Crippen LogP contribution in [0.5, 0.6) is 11.5 Å². The van der Waals surface area contributed by atoms with Crippen molar-refractivity contribution in [3.05, 3.63) is 64.7 Å². The molecule has 0 aliphatic carbocycles. The van der Waals surface area contributed by atoms with Gasteiger partial charge in [0.15, 0.2) is 0 Å². The molecule has 0 bridgehead atoms. The normalized spacial score (nSPS) is 17.6. The van der Waals surface area contributed by atoms with Gasteiger partial charge in [-0.05, 0) is 81.9 Å². The van der Waals surface area contributed by atoms with Crippen LogP contribution in [-0.2, 0) is 9.59 Å². The number of phenolic OH excluding ortho intramolecular Hbond substituents is 1. The van der Waals surface area contributed by atoms with Gasteiger partial charge in [-0.15, -0.1) is 0 Å². The Balaban J connectivity index is 2.02. The Morgan fingerprint density at radius 2 is 1.79 bits per heavy atom. The molecule has 2 aromatic carbocycles. The summed E-state index contributed by atoms with van der Waals surface area (Å²) in [6, 6.07) is 11.0. The number of unbranched alkanes of at least 4 members (excludes halogenated alkanes) is 1. The number of carbonyl (C=O) groups is 2. The van der Waals surface area contributed by atoms with Crippen LogP contribution >= 0.6 is 0 Å². The number of rotatable bonds is 10. The van der Waals surface area contributed by atoms with Gasteiger partial charge in [-0.2, -0.15) is 0 Å². The molecule has 34 heavy (non-hydrogen) atoms. The topological polar surface area (TPSA) is 90.3 Å². The summed E-state index contributed by atoms with van der Waals surface area (Å²) in [5.74, 6) is -0.757. The van der Waals surface area contributed by atoms with Gasteiger partial charge < -0.3 is 24.7 Å². The van der Waals surface area contributed by atoms with E-state index in [1.807, 2.05) is 32.0 Å². The summed E-state index contributed by atoms with van der Waals surface area (Å²) < 4.78 is 5.75. The summed E-state index contributed by atoms with van der Waals surface area (Å²) in [6.07, 6.45) is 2.66. The lowest BCUT2D eigenvalue weighted by Gasteiger charge is -2.26. The van der Waals surface area contributed by atoms with Crippen molar-refractivity contribution in [1.29, 1.82) is 0 Å². The van der Waals surface area contributed by atoms with E-state index in [1.165, 1.54) is 17.0 Å². The van der Waals surface area contributed by atoms with Crippen LogP contribution in [0.1, 0.15) is 48.9 Å². The number of ether oxygens (including phenoxy) is 1. The van der Waals surface area contributed by atoms with Gasteiger partial charge in [0.25, 0.3) is 11.7 Å². The molecule has 0 radical (unpaired) electrons. The number of aliphatic hydroxyl groups is 1. The Kier molecular flexibility index (Phi) is 8.34. The molecule has 2 N–H and O–H groups in total. The van der Waals surface area contributed by atoms with Crippen molar-refractivity contribution in [2.45, 2.75) is 39.2 Å². The van der Waals surface area contributed by atoms with E-state index < -0.39 is 17.7 Å². The highest BCUT2D eigenvalue weighted by Crippen LogP contribution is 2.40. The third-order valence-electron chi connectivity index (χ3n) is 5.97. The minimum absolute atomic E-state index is 0.0586. The lowest BCUT2D eigenvalue weighted by molar-refractivity contribution is -0.139. The first-order valence-corrected chi connectivity index (χ1v) is 11.7. The fourth-order valence-electron chi connectivity index (χ4n) is 4.14. The molecule has 0 aromatic heterocycles. The predicted molar refractivity (Wildman–Crippen MR) is 132 cm³/mol. The third kappa shape index (κ3) is 5.59. The molecular weight excluding hydrogens is 432 g/mol. The summed E-state index contributed by atoms with van der Waals surface area (Å²) in [5.41, 5.74) is 1.94. The zero-order valence-electron chi connectivity index (χ0n) is 20.4. The largest absolute Gasteiger partial charge is 0.508 e. The summed E-state index contributed by atoms with van der Waals surface area (Å²) in [7, 11) is 3.90. The predicted octanol–water partition coefficient (Wildman–Crippen LogP) is 4.25. The van der Waals surface area contributed by atoms with E-state index in [-0.39, 0.29) is 17.1 Å². The molecule has 1 fully saturated rings. The van der Waals surface area contributed by atoms with Gasteiger partial charge in [0.2, 0.25) is 0 Å². The van der Waals surface area contributed by atoms with Crippen LogP contribution in [0, 0.1) is 6.92 Å². The van der Waals surface area contributed by atoms with Gasteiger partial charge in [0.05, 0.1) is 18.2 Å². The van der Waals surface area contributed by atoms with Crippen LogP contribution in [0.3, 0.4) is 0 Å². The van der Waals surface area contributed by atoms with Crippen molar-refractivity contribution in [1.82, 2.24) is 9.80 Å².